The van der Waals surface area contributed by atoms with E-state index in [4.69, 9.17) is 34.8 Å². The second kappa shape index (κ2) is 3.77. The number of alkyl halides is 3. The average molecular weight is 306 g/mol. The molecule has 1 heterocycles. The number of nitrogens with zero attached hydrogens (tertiary/aromatic N) is 1. The number of hydrogen-bond donors (Lipinski definition) is 1. The Labute approximate surface area is 97.9 Å². The molecule has 13 heavy (non-hydrogen) atoms. The Kier molecular flexibility index (Phi) is 3.28. The van der Waals surface area contributed by atoms with Gasteiger partial charge in [-0.1, -0.05) is 34.8 Å². The van der Waals surface area contributed by atoms with Crippen LogP contribution in [-0.2, 0) is 0 Å². The highest BCUT2D eigenvalue weighted by Gasteiger charge is 2.34. The van der Waals surface area contributed by atoms with Crippen molar-refractivity contribution in [2.45, 2.75) is 10.7 Å². The van der Waals surface area contributed by atoms with E-state index in [-0.39, 0.29) is 5.82 Å². The van der Waals surface area contributed by atoms with Gasteiger partial charge in [0.05, 0.1) is 0 Å². The number of hydrogen-bond acceptors (Lipinski definition) is 2. The molecule has 1 aromatic rings. The largest absolute Gasteiger partial charge is 0.338 e. The van der Waals surface area contributed by atoms with Crippen LogP contribution in [0.2, 0.25) is 0 Å². The van der Waals surface area contributed by atoms with Crippen LogP contribution in [-0.4, -0.2) is 19.5 Å². The molecule has 72 valence electrons. The van der Waals surface area contributed by atoms with E-state index in [9.17, 15) is 4.79 Å². The molecule has 0 aromatic carbocycles. The van der Waals surface area contributed by atoms with Crippen molar-refractivity contribution in [3.63, 3.8) is 0 Å². The molecular weight excluding hydrogens is 302 g/mol. The summed E-state index contributed by atoms with van der Waals surface area (Å²) < 4.78 is -1.44. The Morgan fingerprint density at radius 1 is 1.54 bits per heavy atom. The molecule has 0 bridgehead atoms. The summed E-state index contributed by atoms with van der Waals surface area (Å²) >= 11 is 19.3. The van der Waals surface area contributed by atoms with Gasteiger partial charge < -0.3 is 4.98 Å². The Hall–Kier alpha value is 0.230. The topological polar surface area (TPSA) is 45.8 Å². The fraction of sp³-hybridized carbons (Fsp3) is 0.333. The minimum atomic E-state index is -1.97. The molecular formula is C6H4BrCl3N2O. The van der Waals surface area contributed by atoms with Gasteiger partial charge in [0.25, 0.3) is 3.79 Å². The lowest BCUT2D eigenvalue weighted by Gasteiger charge is -2.05. The van der Waals surface area contributed by atoms with E-state index in [1.165, 1.54) is 0 Å². The first-order chi connectivity index (χ1) is 5.82. The SMILES string of the molecule is Cc1[nH]c(C(=O)C(Cl)(Cl)Cl)nc1Br. The van der Waals surface area contributed by atoms with E-state index < -0.39 is 9.58 Å². The number of aryl methyl sites for hydroxylation is 1. The van der Waals surface area contributed by atoms with Gasteiger partial charge in [0.15, 0.2) is 5.82 Å². The van der Waals surface area contributed by atoms with E-state index in [0.29, 0.717) is 10.3 Å². The zero-order valence-electron chi connectivity index (χ0n) is 6.37. The minimum Gasteiger partial charge on any atom is -0.338 e. The molecule has 0 unspecified atom stereocenters. The predicted molar refractivity (Wildman–Crippen MR) is 55.6 cm³/mol. The molecule has 1 N–H and O–H groups in total. The normalized spacial score (nSPS) is 11.8. The van der Waals surface area contributed by atoms with Crippen LogP contribution in [0.1, 0.15) is 16.3 Å². The van der Waals surface area contributed by atoms with Crippen molar-refractivity contribution in [3.8, 4) is 0 Å². The molecule has 0 radical (unpaired) electrons. The molecule has 0 aliphatic heterocycles. The maximum atomic E-state index is 11.3. The predicted octanol–water partition coefficient (Wildman–Crippen LogP) is 3.03. The molecule has 0 saturated heterocycles. The van der Waals surface area contributed by atoms with Crippen molar-refractivity contribution in [1.29, 1.82) is 0 Å². The van der Waals surface area contributed by atoms with Gasteiger partial charge in [0.1, 0.15) is 4.60 Å². The number of halogens is 4. The first-order valence-corrected chi connectivity index (χ1v) is 5.08. The minimum absolute atomic E-state index is 0.0318. The Bertz CT molecular complexity index is 325. The van der Waals surface area contributed by atoms with Gasteiger partial charge in [-0.3, -0.25) is 4.79 Å². The molecule has 1 rings (SSSR count). The standard InChI is InChI=1S/C6H4BrCl3N2O/c1-2-4(7)12-5(11-2)3(13)6(8,9)10/h1H3,(H,11,12). The molecule has 0 saturated carbocycles. The summed E-state index contributed by atoms with van der Waals surface area (Å²) in [6, 6.07) is 0. The zero-order chi connectivity index (χ0) is 10.2. The number of ketones is 1. The molecule has 0 spiro atoms. The van der Waals surface area contributed by atoms with Gasteiger partial charge in [-0.2, -0.15) is 0 Å². The van der Waals surface area contributed by atoms with Crippen LogP contribution in [0.3, 0.4) is 0 Å². The lowest BCUT2D eigenvalue weighted by molar-refractivity contribution is 0.0987. The summed E-state index contributed by atoms with van der Waals surface area (Å²) in [7, 11) is 0. The van der Waals surface area contributed by atoms with Crippen LogP contribution >= 0.6 is 50.7 Å². The number of aromatic amines is 1. The quantitative estimate of drug-likeness (QED) is 0.640. The number of imidazole rings is 1. The third kappa shape index (κ3) is 2.59. The molecule has 3 nitrogen and oxygen atoms in total. The van der Waals surface area contributed by atoms with Gasteiger partial charge >= 0.3 is 0 Å². The Morgan fingerprint density at radius 2 is 2.08 bits per heavy atom. The average Bonchev–Trinajstić information content (AvgIpc) is 2.29. The molecule has 1 aromatic heterocycles. The number of carbonyl (C=O) groups is 1. The monoisotopic (exact) mass is 304 g/mol. The van der Waals surface area contributed by atoms with Gasteiger partial charge in [-0.15, -0.1) is 0 Å². The smallest absolute Gasteiger partial charge is 0.256 e. The maximum Gasteiger partial charge on any atom is 0.256 e. The van der Waals surface area contributed by atoms with E-state index in [1.54, 1.807) is 6.92 Å². The third-order valence-electron chi connectivity index (χ3n) is 1.30. The fourth-order valence-electron chi connectivity index (χ4n) is 0.681. The Morgan fingerprint density at radius 3 is 2.38 bits per heavy atom. The number of nitrogens with one attached hydrogen (secondary N) is 1. The molecule has 0 aliphatic rings. The van der Waals surface area contributed by atoms with E-state index in [0.717, 1.165) is 0 Å². The summed E-state index contributed by atoms with van der Waals surface area (Å²) in [5.41, 5.74) is 0.706. The summed E-state index contributed by atoms with van der Waals surface area (Å²) in [6.45, 7) is 1.74. The lowest BCUT2D eigenvalue weighted by Crippen LogP contribution is -2.20. The first kappa shape index (κ1) is 11.3. The first-order valence-electron chi connectivity index (χ1n) is 3.16. The number of carbonyl (C=O) groups excluding carboxylic acids is 1. The van der Waals surface area contributed by atoms with Crippen LogP contribution in [0, 0.1) is 6.92 Å². The summed E-state index contributed by atoms with van der Waals surface area (Å²) in [4.78, 5) is 17.8. The van der Waals surface area contributed by atoms with Gasteiger partial charge in [-0.25, -0.2) is 4.98 Å². The van der Waals surface area contributed by atoms with E-state index >= 15 is 0 Å². The van der Waals surface area contributed by atoms with Crippen LogP contribution in [0.5, 0.6) is 0 Å². The number of Topliss-reactive ketones (excluding diaryl/α,β-unsaturated/α-hetero) is 1. The highest BCUT2D eigenvalue weighted by molar-refractivity contribution is 9.10. The van der Waals surface area contributed by atoms with Crippen LogP contribution in [0.15, 0.2) is 4.60 Å². The van der Waals surface area contributed by atoms with Crippen LogP contribution in [0.25, 0.3) is 0 Å². The number of rotatable bonds is 1. The van der Waals surface area contributed by atoms with Crippen molar-refractivity contribution in [1.82, 2.24) is 9.97 Å². The molecule has 0 aliphatic carbocycles. The molecule has 0 atom stereocenters. The molecule has 0 amide bonds. The fourth-order valence-corrected chi connectivity index (χ4v) is 1.23. The van der Waals surface area contributed by atoms with Crippen LogP contribution < -0.4 is 0 Å². The van der Waals surface area contributed by atoms with E-state index in [1.807, 2.05) is 0 Å². The Balaban J connectivity index is 3.03. The molecule has 7 heteroatoms. The maximum absolute atomic E-state index is 11.3. The second-order valence-electron chi connectivity index (χ2n) is 2.33. The summed E-state index contributed by atoms with van der Waals surface area (Å²) in [5.74, 6) is -0.643. The lowest BCUT2D eigenvalue weighted by atomic mass is 10.4. The van der Waals surface area contributed by atoms with Crippen molar-refractivity contribution < 1.29 is 4.79 Å². The van der Waals surface area contributed by atoms with Crippen LogP contribution in [0.4, 0.5) is 0 Å². The number of aromatic nitrogens is 2. The third-order valence-corrected chi connectivity index (χ3v) is 2.58. The summed E-state index contributed by atoms with van der Waals surface area (Å²) in [5, 5.41) is 0. The highest BCUT2D eigenvalue weighted by atomic mass is 79.9. The van der Waals surface area contributed by atoms with Crippen molar-refractivity contribution in [2.75, 3.05) is 0 Å². The second-order valence-corrected chi connectivity index (χ2v) is 5.36. The number of H-pyrrole nitrogens is 1. The highest BCUT2D eigenvalue weighted by Crippen LogP contribution is 2.30. The van der Waals surface area contributed by atoms with Crippen molar-refractivity contribution >= 4 is 56.5 Å². The van der Waals surface area contributed by atoms with Crippen molar-refractivity contribution in [3.05, 3.63) is 16.1 Å². The molecule has 0 fully saturated rings. The van der Waals surface area contributed by atoms with Crippen molar-refractivity contribution in [2.24, 2.45) is 0 Å². The van der Waals surface area contributed by atoms with E-state index in [2.05, 4.69) is 25.9 Å². The van der Waals surface area contributed by atoms with Gasteiger partial charge in [0.2, 0.25) is 5.78 Å². The van der Waals surface area contributed by atoms with Gasteiger partial charge in [0, 0.05) is 5.69 Å². The van der Waals surface area contributed by atoms with Gasteiger partial charge in [-0.05, 0) is 22.9 Å². The summed E-state index contributed by atoms with van der Waals surface area (Å²) in [6.07, 6.45) is 0. The zero-order valence-corrected chi connectivity index (χ0v) is 10.2.